The highest BCUT2D eigenvalue weighted by Crippen LogP contribution is 2.36. The molecule has 0 aliphatic carbocycles. The van der Waals surface area contributed by atoms with Gasteiger partial charge < -0.3 is 9.47 Å². The van der Waals surface area contributed by atoms with Crippen molar-refractivity contribution in [2.24, 2.45) is 0 Å². The first-order valence-corrected chi connectivity index (χ1v) is 8.56. The van der Waals surface area contributed by atoms with Crippen LogP contribution in [0.1, 0.15) is 45.7 Å². The lowest BCUT2D eigenvalue weighted by Gasteiger charge is -2.25. The molecule has 0 N–H and O–H groups in total. The predicted molar refractivity (Wildman–Crippen MR) is 85.3 cm³/mol. The summed E-state index contributed by atoms with van der Waals surface area (Å²) in [5, 5.41) is 1.03. The molecule has 1 saturated heterocycles. The topological polar surface area (TPSA) is 51.7 Å². The standard InChI is InChI=1S/C16H22N2O3S/c1-11-14(16(19)20-2)17-15(22-11)13-6-3-7-18(13)9-12-5-4-8-21-10-12/h5,13H,3-4,6-10H2,1-2H3/t13-/m1/s1. The maximum Gasteiger partial charge on any atom is 0.357 e. The molecule has 0 bridgehead atoms. The summed E-state index contributed by atoms with van der Waals surface area (Å²) >= 11 is 1.62. The van der Waals surface area contributed by atoms with E-state index in [1.807, 2.05) is 6.92 Å². The van der Waals surface area contributed by atoms with E-state index in [0.29, 0.717) is 11.7 Å². The fourth-order valence-corrected chi connectivity index (χ4v) is 4.20. The van der Waals surface area contributed by atoms with E-state index in [9.17, 15) is 4.79 Å². The lowest BCUT2D eigenvalue weighted by molar-refractivity contribution is 0.0593. The largest absolute Gasteiger partial charge is 0.464 e. The number of methoxy groups -OCH3 is 1. The Morgan fingerprint density at radius 1 is 1.59 bits per heavy atom. The normalized spacial score (nSPS) is 22.6. The van der Waals surface area contributed by atoms with Crippen LogP contribution in [0.3, 0.4) is 0 Å². The monoisotopic (exact) mass is 322 g/mol. The van der Waals surface area contributed by atoms with Gasteiger partial charge in [-0.25, -0.2) is 9.78 Å². The van der Waals surface area contributed by atoms with Crippen molar-refractivity contribution in [3.05, 3.63) is 27.2 Å². The summed E-state index contributed by atoms with van der Waals surface area (Å²) in [6.07, 6.45) is 5.58. The molecule has 3 rings (SSSR count). The summed E-state index contributed by atoms with van der Waals surface area (Å²) in [5.74, 6) is -0.340. The summed E-state index contributed by atoms with van der Waals surface area (Å²) in [6.45, 7) is 5.53. The molecular weight excluding hydrogens is 300 g/mol. The molecule has 3 heterocycles. The SMILES string of the molecule is COC(=O)c1nc([C@H]2CCCN2CC2=CCCOC2)sc1C. The van der Waals surface area contributed by atoms with Crippen LogP contribution in [0, 0.1) is 6.92 Å². The van der Waals surface area contributed by atoms with Gasteiger partial charge in [-0.1, -0.05) is 6.08 Å². The number of hydrogen-bond donors (Lipinski definition) is 0. The van der Waals surface area contributed by atoms with Crippen molar-refractivity contribution in [2.75, 3.05) is 33.4 Å². The molecule has 1 fully saturated rings. The van der Waals surface area contributed by atoms with E-state index in [1.165, 1.54) is 19.1 Å². The minimum absolute atomic E-state index is 0.310. The van der Waals surface area contributed by atoms with E-state index >= 15 is 0 Å². The van der Waals surface area contributed by atoms with Gasteiger partial charge in [-0.2, -0.15) is 0 Å². The van der Waals surface area contributed by atoms with E-state index in [4.69, 9.17) is 9.47 Å². The van der Waals surface area contributed by atoms with Gasteiger partial charge in [0, 0.05) is 11.4 Å². The van der Waals surface area contributed by atoms with Gasteiger partial charge in [0.1, 0.15) is 5.01 Å². The van der Waals surface area contributed by atoms with Crippen LogP contribution in [-0.2, 0) is 9.47 Å². The summed E-state index contributed by atoms with van der Waals surface area (Å²) in [6, 6.07) is 0.310. The highest BCUT2D eigenvalue weighted by Gasteiger charge is 2.30. The van der Waals surface area contributed by atoms with Crippen LogP contribution in [0.25, 0.3) is 0 Å². The Kier molecular flexibility index (Phi) is 4.90. The fraction of sp³-hybridized carbons (Fsp3) is 0.625. The van der Waals surface area contributed by atoms with Gasteiger partial charge in [0.25, 0.3) is 0 Å². The molecule has 22 heavy (non-hydrogen) atoms. The van der Waals surface area contributed by atoms with E-state index in [2.05, 4.69) is 16.0 Å². The van der Waals surface area contributed by atoms with Gasteiger partial charge in [-0.05, 0) is 38.3 Å². The van der Waals surface area contributed by atoms with Crippen molar-refractivity contribution < 1.29 is 14.3 Å². The Morgan fingerprint density at radius 2 is 2.45 bits per heavy atom. The van der Waals surface area contributed by atoms with Crippen LogP contribution >= 0.6 is 11.3 Å². The number of likely N-dealkylation sites (tertiary alicyclic amines) is 1. The van der Waals surface area contributed by atoms with E-state index in [0.717, 1.165) is 49.0 Å². The Hall–Kier alpha value is -1.24. The Morgan fingerprint density at radius 3 is 3.18 bits per heavy atom. The molecule has 2 aliphatic rings. The first-order chi connectivity index (χ1) is 10.7. The molecule has 6 heteroatoms. The molecule has 5 nitrogen and oxygen atoms in total. The number of esters is 1. The molecule has 0 aromatic carbocycles. The molecule has 0 spiro atoms. The van der Waals surface area contributed by atoms with E-state index < -0.39 is 0 Å². The number of aromatic nitrogens is 1. The summed E-state index contributed by atoms with van der Waals surface area (Å²) < 4.78 is 10.3. The van der Waals surface area contributed by atoms with Crippen molar-refractivity contribution in [1.29, 1.82) is 0 Å². The molecule has 0 amide bonds. The lowest BCUT2D eigenvalue weighted by Crippen LogP contribution is -2.28. The second kappa shape index (κ2) is 6.89. The van der Waals surface area contributed by atoms with Crippen LogP contribution < -0.4 is 0 Å². The Labute approximate surface area is 134 Å². The van der Waals surface area contributed by atoms with Crippen molar-refractivity contribution in [1.82, 2.24) is 9.88 Å². The summed E-state index contributed by atoms with van der Waals surface area (Å²) in [4.78, 5) is 19.7. The molecule has 0 unspecified atom stereocenters. The number of ether oxygens (including phenoxy) is 2. The number of carbonyl (C=O) groups is 1. The molecule has 2 aliphatic heterocycles. The minimum Gasteiger partial charge on any atom is -0.464 e. The number of rotatable bonds is 4. The maximum absolute atomic E-state index is 11.7. The van der Waals surface area contributed by atoms with Crippen LogP contribution in [0.4, 0.5) is 0 Å². The third-order valence-corrected chi connectivity index (χ3v) is 5.30. The van der Waals surface area contributed by atoms with Crippen LogP contribution in [0.15, 0.2) is 11.6 Å². The van der Waals surface area contributed by atoms with Crippen LogP contribution in [-0.4, -0.2) is 49.3 Å². The number of hydrogen-bond acceptors (Lipinski definition) is 6. The van der Waals surface area contributed by atoms with Gasteiger partial charge in [0.2, 0.25) is 0 Å². The summed E-state index contributed by atoms with van der Waals surface area (Å²) in [5.41, 5.74) is 1.83. The van der Waals surface area contributed by atoms with Crippen molar-refractivity contribution >= 4 is 17.3 Å². The third-order valence-electron chi connectivity index (χ3n) is 4.23. The van der Waals surface area contributed by atoms with Crippen molar-refractivity contribution in [3.63, 3.8) is 0 Å². The van der Waals surface area contributed by atoms with Gasteiger partial charge in [0.05, 0.1) is 26.4 Å². The molecule has 0 saturated carbocycles. The molecular formula is C16H22N2O3S. The Bertz CT molecular complexity index is 582. The quantitative estimate of drug-likeness (QED) is 0.630. The molecule has 0 radical (unpaired) electrons. The minimum atomic E-state index is -0.340. The van der Waals surface area contributed by atoms with Gasteiger partial charge in [0.15, 0.2) is 5.69 Å². The Balaban J connectivity index is 1.75. The zero-order chi connectivity index (χ0) is 15.5. The fourth-order valence-electron chi connectivity index (χ4n) is 3.12. The van der Waals surface area contributed by atoms with E-state index in [1.54, 1.807) is 11.3 Å². The highest BCUT2D eigenvalue weighted by molar-refractivity contribution is 7.11. The zero-order valence-corrected chi connectivity index (χ0v) is 13.9. The van der Waals surface area contributed by atoms with Gasteiger partial charge in [-0.3, -0.25) is 4.90 Å². The van der Waals surface area contributed by atoms with E-state index in [-0.39, 0.29) is 5.97 Å². The third kappa shape index (κ3) is 3.24. The second-order valence-corrected chi connectivity index (χ2v) is 7.02. The average molecular weight is 322 g/mol. The molecule has 120 valence electrons. The van der Waals surface area contributed by atoms with Crippen LogP contribution in [0.5, 0.6) is 0 Å². The summed E-state index contributed by atoms with van der Waals surface area (Å²) in [7, 11) is 1.40. The predicted octanol–water partition coefficient (Wildman–Crippen LogP) is 2.72. The molecule has 1 atom stereocenters. The number of thiazole rings is 1. The molecule has 1 aromatic rings. The zero-order valence-electron chi connectivity index (χ0n) is 13.1. The van der Waals surface area contributed by atoms with Gasteiger partial charge in [-0.15, -0.1) is 11.3 Å². The smallest absolute Gasteiger partial charge is 0.357 e. The lowest BCUT2D eigenvalue weighted by atomic mass is 10.1. The first kappa shape index (κ1) is 15.6. The molecule has 1 aromatic heterocycles. The number of carbonyl (C=O) groups excluding carboxylic acids is 1. The highest BCUT2D eigenvalue weighted by atomic mass is 32.1. The number of nitrogens with zero attached hydrogens (tertiary/aromatic N) is 2. The average Bonchev–Trinajstić information content (AvgIpc) is 3.14. The van der Waals surface area contributed by atoms with Crippen molar-refractivity contribution in [2.45, 2.75) is 32.2 Å². The maximum atomic E-state index is 11.7. The second-order valence-electron chi connectivity index (χ2n) is 5.78. The first-order valence-electron chi connectivity index (χ1n) is 7.74. The van der Waals surface area contributed by atoms with Crippen molar-refractivity contribution in [3.8, 4) is 0 Å². The van der Waals surface area contributed by atoms with Crippen LogP contribution in [0.2, 0.25) is 0 Å². The van der Waals surface area contributed by atoms with Gasteiger partial charge >= 0.3 is 5.97 Å². The number of aryl methyl sites for hydroxylation is 1.